The number of carbonyl (C=O) groups excluding carboxylic acids is 1. The van der Waals surface area contributed by atoms with E-state index in [2.05, 4.69) is 15.7 Å². The summed E-state index contributed by atoms with van der Waals surface area (Å²) in [6.45, 7) is 6.11. The fourth-order valence-corrected chi connectivity index (χ4v) is 3.46. The predicted molar refractivity (Wildman–Crippen MR) is 128 cm³/mol. The molecule has 8 nitrogen and oxygen atoms in total. The lowest BCUT2D eigenvalue weighted by molar-refractivity contribution is -0.123. The number of rotatable bonds is 9. The SMILES string of the molecule is Cc1cc(-n2c(C)cc(/C=N/NC(=O)COc3ccc(OCc4ccccc4)cc3)c2C)no1. The summed E-state index contributed by atoms with van der Waals surface area (Å²) >= 11 is 0. The van der Waals surface area contributed by atoms with Crippen LogP contribution in [0.5, 0.6) is 11.5 Å². The number of hydrogen-bond donors (Lipinski definition) is 1. The molecule has 174 valence electrons. The van der Waals surface area contributed by atoms with Crippen LogP contribution in [0.4, 0.5) is 0 Å². The summed E-state index contributed by atoms with van der Waals surface area (Å²) in [6, 6.07) is 20.9. The third kappa shape index (κ3) is 5.72. The zero-order valence-electron chi connectivity index (χ0n) is 19.3. The fraction of sp³-hybridized carbons (Fsp3) is 0.192. The van der Waals surface area contributed by atoms with Gasteiger partial charge in [0.2, 0.25) is 0 Å². The van der Waals surface area contributed by atoms with Crippen molar-refractivity contribution in [2.75, 3.05) is 6.61 Å². The first kappa shape index (κ1) is 22.8. The van der Waals surface area contributed by atoms with Crippen molar-refractivity contribution in [2.24, 2.45) is 5.10 Å². The molecular formula is C26H26N4O4. The van der Waals surface area contributed by atoms with Crippen molar-refractivity contribution in [2.45, 2.75) is 27.4 Å². The lowest BCUT2D eigenvalue weighted by Gasteiger charge is -2.08. The predicted octanol–water partition coefficient (Wildman–Crippen LogP) is 4.50. The largest absolute Gasteiger partial charge is 0.489 e. The maximum atomic E-state index is 12.1. The van der Waals surface area contributed by atoms with Gasteiger partial charge in [0.1, 0.15) is 23.9 Å². The van der Waals surface area contributed by atoms with Gasteiger partial charge in [0.25, 0.3) is 5.91 Å². The van der Waals surface area contributed by atoms with Gasteiger partial charge in [0.05, 0.1) is 6.21 Å². The third-order valence-electron chi connectivity index (χ3n) is 5.15. The number of carbonyl (C=O) groups is 1. The van der Waals surface area contributed by atoms with E-state index in [4.69, 9.17) is 14.0 Å². The number of aryl methyl sites for hydroxylation is 2. The van der Waals surface area contributed by atoms with E-state index in [1.807, 2.05) is 67.8 Å². The van der Waals surface area contributed by atoms with Gasteiger partial charge in [-0.05, 0) is 56.7 Å². The summed E-state index contributed by atoms with van der Waals surface area (Å²) in [5.41, 5.74) is 6.37. The highest BCUT2D eigenvalue weighted by Crippen LogP contribution is 2.20. The van der Waals surface area contributed by atoms with Crippen molar-refractivity contribution < 1.29 is 18.8 Å². The van der Waals surface area contributed by atoms with E-state index in [0.717, 1.165) is 34.0 Å². The van der Waals surface area contributed by atoms with Gasteiger partial charge < -0.3 is 14.0 Å². The monoisotopic (exact) mass is 458 g/mol. The van der Waals surface area contributed by atoms with Crippen LogP contribution in [0, 0.1) is 20.8 Å². The molecule has 1 amide bonds. The van der Waals surface area contributed by atoms with Gasteiger partial charge in [-0.15, -0.1) is 0 Å². The van der Waals surface area contributed by atoms with Crippen molar-refractivity contribution in [3.8, 4) is 17.3 Å². The van der Waals surface area contributed by atoms with Crippen molar-refractivity contribution in [1.82, 2.24) is 15.1 Å². The molecule has 1 N–H and O–H groups in total. The number of ether oxygens (including phenoxy) is 2. The van der Waals surface area contributed by atoms with Crippen molar-refractivity contribution in [1.29, 1.82) is 0 Å². The zero-order chi connectivity index (χ0) is 23.9. The molecule has 2 aromatic carbocycles. The van der Waals surface area contributed by atoms with Crippen molar-refractivity contribution in [3.63, 3.8) is 0 Å². The lowest BCUT2D eigenvalue weighted by Crippen LogP contribution is -2.24. The summed E-state index contributed by atoms with van der Waals surface area (Å²) in [6.07, 6.45) is 1.60. The van der Waals surface area contributed by atoms with Gasteiger partial charge in [0, 0.05) is 23.0 Å². The normalized spacial score (nSPS) is 11.0. The Hall–Kier alpha value is -4.33. The Morgan fingerprint density at radius 3 is 2.41 bits per heavy atom. The van der Waals surface area contributed by atoms with E-state index in [9.17, 15) is 4.79 Å². The van der Waals surface area contributed by atoms with Crippen molar-refractivity contribution >= 4 is 12.1 Å². The van der Waals surface area contributed by atoms with E-state index in [-0.39, 0.29) is 12.5 Å². The first-order valence-corrected chi connectivity index (χ1v) is 10.8. The number of aromatic nitrogens is 2. The second-order valence-electron chi connectivity index (χ2n) is 7.79. The van der Waals surface area contributed by atoms with Gasteiger partial charge in [0.15, 0.2) is 12.4 Å². The van der Waals surface area contributed by atoms with E-state index < -0.39 is 0 Å². The first-order valence-electron chi connectivity index (χ1n) is 10.8. The molecular weight excluding hydrogens is 432 g/mol. The van der Waals surface area contributed by atoms with Crippen LogP contribution in [-0.4, -0.2) is 28.5 Å². The third-order valence-corrected chi connectivity index (χ3v) is 5.15. The standard InChI is InChI=1S/C26H26N4O4/c1-18-13-22(20(3)30(18)25-14-19(2)34-29-25)15-27-28-26(31)17-33-24-11-9-23(10-12-24)32-16-21-7-5-4-6-8-21/h4-15H,16-17H2,1-3H3,(H,28,31)/b27-15+. The maximum Gasteiger partial charge on any atom is 0.277 e. The summed E-state index contributed by atoms with van der Waals surface area (Å²) < 4.78 is 18.4. The summed E-state index contributed by atoms with van der Waals surface area (Å²) in [5, 5.41) is 8.12. The molecule has 0 spiro atoms. The molecule has 4 aromatic rings. The average molecular weight is 459 g/mol. The Labute approximate surface area is 197 Å². The first-order chi connectivity index (χ1) is 16.5. The number of benzene rings is 2. The summed E-state index contributed by atoms with van der Waals surface area (Å²) in [7, 11) is 0. The molecule has 0 aliphatic carbocycles. The minimum Gasteiger partial charge on any atom is -0.489 e. The quantitative estimate of drug-likeness (QED) is 0.295. The second kappa shape index (κ2) is 10.5. The van der Waals surface area contributed by atoms with Gasteiger partial charge in [-0.1, -0.05) is 35.5 Å². The van der Waals surface area contributed by atoms with Gasteiger partial charge in [-0.3, -0.25) is 9.36 Å². The molecule has 0 aliphatic heterocycles. The molecule has 34 heavy (non-hydrogen) atoms. The maximum absolute atomic E-state index is 12.1. The smallest absolute Gasteiger partial charge is 0.277 e. The summed E-state index contributed by atoms with van der Waals surface area (Å²) in [5.74, 6) is 2.38. The molecule has 0 atom stereocenters. The van der Waals surface area contributed by atoms with Crippen LogP contribution in [0.15, 0.2) is 76.4 Å². The molecule has 4 rings (SSSR count). The average Bonchev–Trinajstić information content (AvgIpc) is 3.39. The Kier molecular flexibility index (Phi) is 7.07. The topological polar surface area (TPSA) is 90.9 Å². The number of amides is 1. The van der Waals surface area contributed by atoms with Crippen LogP contribution in [0.1, 0.15) is 28.3 Å². The molecule has 0 saturated carbocycles. The molecule has 0 saturated heterocycles. The van der Waals surface area contributed by atoms with Crippen LogP contribution in [0.2, 0.25) is 0 Å². The number of hydrogen-bond acceptors (Lipinski definition) is 6. The van der Waals surface area contributed by atoms with E-state index in [0.29, 0.717) is 18.2 Å². The molecule has 2 heterocycles. The molecule has 0 bridgehead atoms. The number of nitrogens with zero attached hydrogens (tertiary/aromatic N) is 3. The van der Waals surface area contributed by atoms with Gasteiger partial charge >= 0.3 is 0 Å². The van der Waals surface area contributed by atoms with E-state index in [1.165, 1.54) is 0 Å². The Bertz CT molecular complexity index is 1270. The Morgan fingerprint density at radius 1 is 1.03 bits per heavy atom. The van der Waals surface area contributed by atoms with E-state index in [1.54, 1.807) is 30.5 Å². The number of hydrazone groups is 1. The molecule has 0 aliphatic rings. The highest BCUT2D eigenvalue weighted by atomic mass is 16.5. The van der Waals surface area contributed by atoms with E-state index >= 15 is 0 Å². The van der Waals surface area contributed by atoms with Gasteiger partial charge in [-0.2, -0.15) is 5.10 Å². The highest BCUT2D eigenvalue weighted by Gasteiger charge is 2.12. The molecule has 0 radical (unpaired) electrons. The van der Waals surface area contributed by atoms with Crippen LogP contribution in [0.25, 0.3) is 5.82 Å². The second-order valence-corrected chi connectivity index (χ2v) is 7.79. The fourth-order valence-electron chi connectivity index (χ4n) is 3.46. The summed E-state index contributed by atoms with van der Waals surface area (Å²) in [4.78, 5) is 12.1. The Balaban J connectivity index is 1.25. The van der Waals surface area contributed by atoms with Crippen LogP contribution in [-0.2, 0) is 11.4 Å². The van der Waals surface area contributed by atoms with Crippen LogP contribution >= 0.6 is 0 Å². The molecule has 2 aromatic heterocycles. The zero-order valence-corrected chi connectivity index (χ0v) is 19.3. The Morgan fingerprint density at radius 2 is 1.74 bits per heavy atom. The minimum absolute atomic E-state index is 0.154. The van der Waals surface area contributed by atoms with Crippen LogP contribution < -0.4 is 14.9 Å². The minimum atomic E-state index is -0.360. The van der Waals surface area contributed by atoms with Crippen molar-refractivity contribution in [3.05, 3.63) is 95.0 Å². The number of nitrogens with one attached hydrogen (secondary N) is 1. The molecule has 0 fully saturated rings. The molecule has 0 unspecified atom stereocenters. The van der Waals surface area contributed by atoms with Crippen LogP contribution in [0.3, 0.4) is 0 Å². The highest BCUT2D eigenvalue weighted by molar-refractivity contribution is 5.84. The lowest BCUT2D eigenvalue weighted by atomic mass is 10.2. The molecule has 8 heteroatoms. The van der Waals surface area contributed by atoms with Gasteiger partial charge in [-0.25, -0.2) is 5.43 Å².